The fourth-order valence-corrected chi connectivity index (χ4v) is 12.4. The summed E-state index contributed by atoms with van der Waals surface area (Å²) < 4.78 is 37.8. The van der Waals surface area contributed by atoms with E-state index >= 15 is 0 Å². The van der Waals surface area contributed by atoms with Gasteiger partial charge in [0.15, 0.2) is 22.9 Å². The number of rotatable bonds is 14. The first-order valence-corrected chi connectivity index (χ1v) is 28.4. The number of ether oxygens (including phenoxy) is 1. The minimum absolute atomic E-state index is 0.0235. The lowest BCUT2D eigenvalue weighted by atomic mass is 9.93. The highest BCUT2D eigenvalue weighted by atomic mass is 35.5. The number of para-hydroxylation sites is 2. The van der Waals surface area contributed by atoms with Gasteiger partial charge in [0.1, 0.15) is 23.2 Å². The van der Waals surface area contributed by atoms with Crippen LogP contribution in [-0.2, 0) is 27.2 Å². The first kappa shape index (κ1) is 57.5. The fraction of sp³-hybridized carbons (Fsp3) is 0.377. The van der Waals surface area contributed by atoms with Gasteiger partial charge in [-0.05, 0) is 105 Å². The molecule has 0 saturated carbocycles. The Morgan fingerprint density at radius 1 is 0.756 bits per heavy atom. The number of aromatic nitrogens is 6. The maximum atomic E-state index is 14.8. The molecule has 0 radical (unpaired) electrons. The number of allylic oxidation sites excluding steroid dienone is 1. The van der Waals surface area contributed by atoms with Gasteiger partial charge in [0, 0.05) is 83.2 Å². The van der Waals surface area contributed by atoms with Gasteiger partial charge in [-0.1, -0.05) is 93.0 Å². The maximum Gasteiger partial charge on any atom is 0.355 e. The van der Waals surface area contributed by atoms with Gasteiger partial charge in [0.25, 0.3) is 0 Å². The zero-order valence-corrected chi connectivity index (χ0v) is 48.4. The van der Waals surface area contributed by atoms with Crippen molar-refractivity contribution in [3.63, 3.8) is 0 Å². The van der Waals surface area contributed by atoms with Crippen molar-refractivity contribution in [3.05, 3.63) is 150 Å². The van der Waals surface area contributed by atoms with Crippen molar-refractivity contribution in [2.24, 2.45) is 0 Å². The number of carbonyl (C=O) groups excluding carboxylic acids is 2. The smallest absolute Gasteiger partial charge is 0.355 e. The van der Waals surface area contributed by atoms with Crippen LogP contribution in [0.25, 0.3) is 44.7 Å². The Kier molecular flexibility index (Phi) is 16.6. The SMILES string of the molecule is C=CC(=O)N1CCN(c2nc(=O)n(-c3c(C)cccc3C(C)C/C=C\C(=O)N3CCN(c4nc(=O)n(-c5c(CC)cccc5CC)c5nc(N6CC[C@@H](OC)C6)c(Cl)cc45)[C@@H](C)C3)c3nc(-c4cc(F)c(F)cc4O)c(Cl)cc23)[C@@H](C)C1. The van der Waals surface area contributed by atoms with Crippen molar-refractivity contribution >= 4 is 74.5 Å². The second-order valence-electron chi connectivity index (χ2n) is 21.4. The molecule has 1 N–H and O–H groups in total. The number of amides is 2. The van der Waals surface area contributed by atoms with Crippen molar-refractivity contribution < 1.29 is 28.2 Å². The molecule has 3 aromatic carbocycles. The topological polar surface area (TPSA) is 175 Å². The van der Waals surface area contributed by atoms with Gasteiger partial charge in [0.2, 0.25) is 11.8 Å². The minimum atomic E-state index is -1.27. The summed E-state index contributed by atoms with van der Waals surface area (Å²) in [5, 5.41) is 12.3. The standard InChI is InChI=1S/C61H65Cl2F2N11O6/c1-9-38-17-14-18-39(10-2)54(38)76-58-44(28-46(63)59(67-58)72-22-21-40(33-72)82-8)56(69-61(76)81)74-26-24-71(32-37(74)7)51(79)20-13-15-34(4)41-19-12-16-35(5)53(41)75-57-43(27-45(62)52(66-57)42-29-47(64)48(65)30-49(42)77)55(68-60(75)80)73-25-23-70(31-36(73)6)50(78)11-3/h11-14,16-20,27-30,34,36-37,40,77H,3,9-10,15,21-26,31-33H2,1-2,4-8H3/b20-13-/t34?,36-,37-,40+/m0/s1. The Labute approximate surface area is 483 Å². The van der Waals surface area contributed by atoms with Gasteiger partial charge in [-0.25, -0.2) is 37.5 Å². The summed E-state index contributed by atoms with van der Waals surface area (Å²) in [5.41, 5.74) is 3.73. The lowest BCUT2D eigenvalue weighted by Crippen LogP contribution is -2.54. The summed E-state index contributed by atoms with van der Waals surface area (Å²) in [6.45, 7) is 18.8. The molecule has 3 fully saturated rings. The summed E-state index contributed by atoms with van der Waals surface area (Å²) in [6.07, 6.45) is 7.22. The molecule has 3 aliphatic heterocycles. The molecule has 4 atom stereocenters. The van der Waals surface area contributed by atoms with Crippen LogP contribution in [0.15, 0.2) is 95.1 Å². The summed E-state index contributed by atoms with van der Waals surface area (Å²) >= 11 is 14.0. The quantitative estimate of drug-likeness (QED) is 0.102. The number of anilines is 3. The number of nitrogens with zero attached hydrogens (tertiary/aromatic N) is 11. The van der Waals surface area contributed by atoms with E-state index in [4.69, 9.17) is 42.9 Å². The molecule has 21 heteroatoms. The Hall–Kier alpha value is -7.74. The van der Waals surface area contributed by atoms with Gasteiger partial charge in [-0.2, -0.15) is 9.97 Å². The molecule has 82 heavy (non-hydrogen) atoms. The number of hydrogen-bond acceptors (Lipinski definition) is 13. The molecular formula is C61H65Cl2F2N11O6. The molecular weight excluding hydrogens is 1090 g/mol. The maximum absolute atomic E-state index is 14.8. The number of aryl methyl sites for hydroxylation is 3. The van der Waals surface area contributed by atoms with Crippen LogP contribution in [0.5, 0.6) is 5.75 Å². The van der Waals surface area contributed by atoms with Gasteiger partial charge in [-0.3, -0.25) is 9.59 Å². The Bertz CT molecular complexity index is 3830. The molecule has 17 nitrogen and oxygen atoms in total. The number of fused-ring (bicyclic) bond motifs is 2. The van der Waals surface area contributed by atoms with Crippen LogP contribution in [0.4, 0.5) is 26.2 Å². The van der Waals surface area contributed by atoms with Crippen LogP contribution in [0, 0.1) is 18.6 Å². The number of piperazine rings is 2. The fourth-order valence-electron chi connectivity index (χ4n) is 11.9. The summed E-state index contributed by atoms with van der Waals surface area (Å²) in [5.74, 6) is -2.56. The van der Waals surface area contributed by atoms with E-state index in [1.807, 2.05) is 81.1 Å². The van der Waals surface area contributed by atoms with Crippen LogP contribution >= 0.6 is 23.2 Å². The predicted molar refractivity (Wildman–Crippen MR) is 318 cm³/mol. The number of aromatic hydroxyl groups is 1. The first-order chi connectivity index (χ1) is 39.3. The normalized spacial score (nSPS) is 18.1. The summed E-state index contributed by atoms with van der Waals surface area (Å²) in [6, 6.07) is 15.9. The average Bonchev–Trinajstić information content (AvgIpc) is 4.05. The molecule has 428 valence electrons. The molecule has 0 aliphatic carbocycles. The van der Waals surface area contributed by atoms with E-state index in [0.717, 1.165) is 34.9 Å². The van der Waals surface area contributed by atoms with Gasteiger partial charge >= 0.3 is 11.4 Å². The molecule has 10 rings (SSSR count). The molecule has 0 bridgehead atoms. The van der Waals surface area contributed by atoms with Crippen LogP contribution in [0.2, 0.25) is 10.0 Å². The lowest BCUT2D eigenvalue weighted by Gasteiger charge is -2.40. The zero-order chi connectivity index (χ0) is 58.4. The number of pyridine rings is 2. The van der Waals surface area contributed by atoms with Gasteiger partial charge in [0.05, 0.1) is 44.0 Å². The highest BCUT2D eigenvalue weighted by Gasteiger charge is 2.34. The zero-order valence-electron chi connectivity index (χ0n) is 46.9. The number of halogens is 4. The number of methoxy groups -OCH3 is 1. The van der Waals surface area contributed by atoms with Crippen LogP contribution in [0.3, 0.4) is 0 Å². The monoisotopic (exact) mass is 1160 g/mol. The Morgan fingerprint density at radius 3 is 1.91 bits per heavy atom. The second-order valence-corrected chi connectivity index (χ2v) is 22.2. The van der Waals surface area contributed by atoms with Crippen molar-refractivity contribution in [2.75, 3.05) is 74.2 Å². The number of phenols is 1. The van der Waals surface area contributed by atoms with Crippen LogP contribution < -0.4 is 26.1 Å². The van der Waals surface area contributed by atoms with E-state index in [9.17, 15) is 33.1 Å². The van der Waals surface area contributed by atoms with Crippen LogP contribution in [0.1, 0.15) is 75.6 Å². The second kappa shape index (κ2) is 23.6. The van der Waals surface area contributed by atoms with E-state index < -0.39 is 28.8 Å². The summed E-state index contributed by atoms with van der Waals surface area (Å²) in [4.78, 5) is 85.1. The number of phenolic OH excluding ortho intramolecular Hbond substituents is 1. The van der Waals surface area contributed by atoms with E-state index in [0.29, 0.717) is 122 Å². The molecule has 3 aliphatic rings. The third-order valence-corrected chi connectivity index (χ3v) is 16.8. The lowest BCUT2D eigenvalue weighted by molar-refractivity contribution is -0.127. The Balaban J connectivity index is 0.942. The third kappa shape index (κ3) is 10.7. The van der Waals surface area contributed by atoms with E-state index in [1.165, 1.54) is 10.6 Å². The van der Waals surface area contributed by atoms with E-state index in [1.54, 1.807) is 33.6 Å². The van der Waals surface area contributed by atoms with Crippen molar-refractivity contribution in [1.29, 1.82) is 0 Å². The first-order valence-electron chi connectivity index (χ1n) is 27.7. The molecule has 7 aromatic rings. The third-order valence-electron chi connectivity index (χ3n) is 16.2. The molecule has 2 amide bonds. The van der Waals surface area contributed by atoms with Gasteiger partial charge in [-0.15, -0.1) is 0 Å². The molecule has 4 aromatic heterocycles. The molecule has 0 spiro atoms. The predicted octanol–water partition coefficient (Wildman–Crippen LogP) is 9.50. The van der Waals surface area contributed by atoms with Crippen molar-refractivity contribution in [1.82, 2.24) is 38.9 Å². The average molecular weight is 1160 g/mol. The van der Waals surface area contributed by atoms with Gasteiger partial charge < -0.3 is 34.3 Å². The molecule has 7 heterocycles. The highest BCUT2D eigenvalue weighted by Crippen LogP contribution is 2.41. The highest BCUT2D eigenvalue weighted by molar-refractivity contribution is 6.34. The van der Waals surface area contributed by atoms with Crippen molar-refractivity contribution in [2.45, 2.75) is 91.3 Å². The summed E-state index contributed by atoms with van der Waals surface area (Å²) in [7, 11) is 1.70. The largest absolute Gasteiger partial charge is 0.507 e. The number of hydrogen-bond donors (Lipinski definition) is 1. The minimum Gasteiger partial charge on any atom is -0.507 e. The number of carbonyl (C=O) groups is 2. The Morgan fingerprint density at radius 2 is 1.33 bits per heavy atom. The number of benzene rings is 3. The molecule has 3 saturated heterocycles. The van der Waals surface area contributed by atoms with E-state index in [-0.39, 0.29) is 63.7 Å². The van der Waals surface area contributed by atoms with E-state index in [2.05, 4.69) is 35.2 Å². The van der Waals surface area contributed by atoms with Crippen LogP contribution in [-0.4, -0.2) is 133 Å². The van der Waals surface area contributed by atoms with Crippen molar-refractivity contribution in [3.8, 4) is 28.4 Å². The molecule has 1 unspecified atom stereocenters.